The van der Waals surface area contributed by atoms with Crippen LogP contribution >= 0.6 is 0 Å². The maximum absolute atomic E-state index is 12.8. The molecule has 4 heteroatoms. The first-order valence-corrected chi connectivity index (χ1v) is 7.55. The van der Waals surface area contributed by atoms with E-state index in [1.165, 1.54) is 12.3 Å². The molecule has 1 aromatic heterocycles. The molecule has 0 fully saturated rings. The van der Waals surface area contributed by atoms with Gasteiger partial charge in [-0.25, -0.2) is 4.79 Å². The predicted molar refractivity (Wildman–Crippen MR) is 93.1 cm³/mol. The maximum atomic E-state index is 12.8. The molecule has 0 unspecified atom stereocenters. The van der Waals surface area contributed by atoms with E-state index in [-0.39, 0.29) is 0 Å². The molecule has 0 aliphatic heterocycles. The lowest BCUT2D eigenvalue weighted by molar-refractivity contribution is 0.0447. The van der Waals surface area contributed by atoms with Gasteiger partial charge >= 0.3 is 5.97 Å². The molecule has 0 aliphatic rings. The summed E-state index contributed by atoms with van der Waals surface area (Å²) in [6.45, 7) is 0. The third-order valence-electron chi connectivity index (χ3n) is 3.95. The Morgan fingerprint density at radius 2 is 1.38 bits per heavy atom. The Kier molecular flexibility index (Phi) is 3.35. The lowest BCUT2D eigenvalue weighted by atomic mass is 9.97. The van der Waals surface area contributed by atoms with Crippen molar-refractivity contribution in [1.82, 2.24) is 4.73 Å². The second-order valence-electron chi connectivity index (χ2n) is 5.44. The van der Waals surface area contributed by atoms with Crippen molar-refractivity contribution in [3.63, 3.8) is 0 Å². The number of rotatable bonds is 2. The zero-order valence-electron chi connectivity index (χ0n) is 12.7. The molecule has 0 bridgehead atoms. The lowest BCUT2D eigenvalue weighted by Crippen LogP contribution is -2.29. The van der Waals surface area contributed by atoms with E-state index in [0.717, 1.165) is 26.3 Å². The van der Waals surface area contributed by atoms with Gasteiger partial charge in [0.1, 0.15) is 0 Å². The minimum Gasteiger partial charge on any atom is -0.328 e. The molecular weight excluding hydrogens is 302 g/mol. The molecule has 3 aromatic carbocycles. The number of hydrogen-bond acceptors (Lipinski definition) is 3. The Balaban J connectivity index is 1.95. The van der Waals surface area contributed by atoms with E-state index >= 15 is 0 Å². The van der Waals surface area contributed by atoms with Crippen LogP contribution in [0.15, 0.2) is 83.8 Å². The van der Waals surface area contributed by atoms with Gasteiger partial charge in [0.2, 0.25) is 0 Å². The van der Waals surface area contributed by atoms with Crippen LogP contribution < -0.4 is 10.4 Å². The SMILES string of the molecule is O=C(On1ccccc1=O)c1c2ccccc2cc2ccccc12. The predicted octanol–water partition coefficient (Wildman–Crippen LogP) is 3.42. The van der Waals surface area contributed by atoms with Gasteiger partial charge in [-0.15, -0.1) is 4.73 Å². The fraction of sp³-hybridized carbons (Fsp3) is 0. The van der Waals surface area contributed by atoms with Gasteiger partial charge in [0.15, 0.2) is 0 Å². The molecule has 4 aromatic rings. The number of pyridine rings is 1. The molecule has 1 heterocycles. The van der Waals surface area contributed by atoms with Crippen LogP contribution in [0, 0.1) is 0 Å². The summed E-state index contributed by atoms with van der Waals surface area (Å²) >= 11 is 0. The Labute approximate surface area is 137 Å². The van der Waals surface area contributed by atoms with Crippen molar-refractivity contribution in [2.24, 2.45) is 0 Å². The summed E-state index contributed by atoms with van der Waals surface area (Å²) in [4.78, 5) is 29.9. The Morgan fingerprint density at radius 3 is 2.00 bits per heavy atom. The molecule has 0 aliphatic carbocycles. The first kappa shape index (κ1) is 14.2. The Morgan fingerprint density at radius 1 is 0.792 bits per heavy atom. The monoisotopic (exact) mass is 315 g/mol. The van der Waals surface area contributed by atoms with Crippen LogP contribution in [0.25, 0.3) is 21.5 Å². The van der Waals surface area contributed by atoms with Crippen LogP contribution in [0.2, 0.25) is 0 Å². The molecule has 4 rings (SSSR count). The topological polar surface area (TPSA) is 48.3 Å². The second-order valence-corrected chi connectivity index (χ2v) is 5.44. The summed E-state index contributed by atoms with van der Waals surface area (Å²) in [6, 6.07) is 21.9. The highest BCUT2D eigenvalue weighted by Crippen LogP contribution is 2.28. The van der Waals surface area contributed by atoms with Gasteiger partial charge in [0.05, 0.1) is 5.56 Å². The summed E-state index contributed by atoms with van der Waals surface area (Å²) in [5.41, 5.74) is 0.0647. The molecule has 0 radical (unpaired) electrons. The van der Waals surface area contributed by atoms with Gasteiger partial charge in [-0.1, -0.05) is 54.6 Å². The van der Waals surface area contributed by atoms with Crippen molar-refractivity contribution in [3.05, 3.63) is 94.9 Å². The van der Waals surface area contributed by atoms with Crippen molar-refractivity contribution in [2.45, 2.75) is 0 Å². The number of carbonyl (C=O) groups is 1. The summed E-state index contributed by atoms with van der Waals surface area (Å²) in [7, 11) is 0. The number of carbonyl (C=O) groups excluding carboxylic acids is 1. The van der Waals surface area contributed by atoms with Crippen LogP contribution in [0.1, 0.15) is 10.4 Å². The molecule has 0 atom stereocenters. The fourth-order valence-electron chi connectivity index (χ4n) is 2.86. The summed E-state index contributed by atoms with van der Waals surface area (Å²) in [5.74, 6) is -0.559. The van der Waals surface area contributed by atoms with E-state index < -0.39 is 11.5 Å². The highest BCUT2D eigenvalue weighted by atomic mass is 16.7. The molecule has 0 amide bonds. The van der Waals surface area contributed by atoms with Crippen LogP contribution in [0.3, 0.4) is 0 Å². The van der Waals surface area contributed by atoms with E-state index in [4.69, 9.17) is 4.84 Å². The van der Waals surface area contributed by atoms with Crippen molar-refractivity contribution < 1.29 is 9.63 Å². The molecule has 4 nitrogen and oxygen atoms in total. The molecule has 0 saturated heterocycles. The van der Waals surface area contributed by atoms with Gasteiger partial charge in [-0.3, -0.25) is 4.79 Å². The zero-order chi connectivity index (χ0) is 16.5. The zero-order valence-corrected chi connectivity index (χ0v) is 12.7. The van der Waals surface area contributed by atoms with Crippen LogP contribution in [-0.4, -0.2) is 10.7 Å². The third kappa shape index (κ3) is 2.34. The van der Waals surface area contributed by atoms with Gasteiger partial charge < -0.3 is 4.84 Å². The number of hydrogen-bond donors (Lipinski definition) is 0. The largest absolute Gasteiger partial charge is 0.365 e. The highest BCUT2D eigenvalue weighted by Gasteiger charge is 2.17. The molecule has 0 spiro atoms. The fourth-order valence-corrected chi connectivity index (χ4v) is 2.86. The van der Waals surface area contributed by atoms with Crippen molar-refractivity contribution in [3.8, 4) is 0 Å². The second kappa shape index (κ2) is 5.66. The first-order chi connectivity index (χ1) is 11.7. The third-order valence-corrected chi connectivity index (χ3v) is 3.95. The summed E-state index contributed by atoms with van der Waals surface area (Å²) in [6.07, 6.45) is 1.42. The number of aromatic nitrogens is 1. The molecular formula is C20H13NO3. The minimum atomic E-state index is -0.559. The van der Waals surface area contributed by atoms with Gasteiger partial charge in [-0.05, 0) is 33.7 Å². The average molecular weight is 315 g/mol. The highest BCUT2D eigenvalue weighted by molar-refractivity contribution is 6.16. The average Bonchev–Trinajstić information content (AvgIpc) is 2.61. The lowest BCUT2D eigenvalue weighted by Gasteiger charge is -2.11. The van der Waals surface area contributed by atoms with Crippen molar-refractivity contribution in [2.75, 3.05) is 0 Å². The van der Waals surface area contributed by atoms with Gasteiger partial charge in [-0.2, -0.15) is 0 Å². The van der Waals surface area contributed by atoms with E-state index in [1.807, 2.05) is 54.6 Å². The van der Waals surface area contributed by atoms with Gasteiger partial charge in [0, 0.05) is 12.3 Å². The molecule has 0 N–H and O–H groups in total. The maximum Gasteiger partial charge on any atom is 0.365 e. The van der Waals surface area contributed by atoms with E-state index in [1.54, 1.807) is 12.1 Å². The number of fused-ring (bicyclic) bond motifs is 2. The standard InChI is InChI=1S/C20H13NO3/c22-18-11-5-6-12-21(18)24-20(23)19-16-9-3-1-7-14(16)13-15-8-2-4-10-17(15)19/h1-13H. The number of nitrogens with zero attached hydrogens (tertiary/aromatic N) is 1. The molecule has 0 saturated carbocycles. The minimum absolute atomic E-state index is 0.393. The Hall–Kier alpha value is -3.40. The smallest absolute Gasteiger partial charge is 0.328 e. The van der Waals surface area contributed by atoms with Crippen molar-refractivity contribution >= 4 is 27.5 Å². The van der Waals surface area contributed by atoms with Crippen molar-refractivity contribution in [1.29, 1.82) is 0 Å². The summed E-state index contributed by atoms with van der Waals surface area (Å²) in [5, 5.41) is 3.49. The van der Waals surface area contributed by atoms with Gasteiger partial charge in [0.25, 0.3) is 5.56 Å². The van der Waals surface area contributed by atoms with Crippen LogP contribution in [-0.2, 0) is 0 Å². The molecule has 24 heavy (non-hydrogen) atoms. The van der Waals surface area contributed by atoms with E-state index in [0.29, 0.717) is 5.56 Å². The molecule has 116 valence electrons. The Bertz CT molecular complexity index is 1070. The quantitative estimate of drug-likeness (QED) is 0.533. The number of benzene rings is 3. The first-order valence-electron chi connectivity index (χ1n) is 7.55. The van der Waals surface area contributed by atoms with Crippen LogP contribution in [0.5, 0.6) is 0 Å². The van der Waals surface area contributed by atoms with Crippen LogP contribution in [0.4, 0.5) is 0 Å². The van der Waals surface area contributed by atoms with E-state index in [9.17, 15) is 9.59 Å². The van der Waals surface area contributed by atoms with E-state index in [2.05, 4.69) is 0 Å². The normalized spacial score (nSPS) is 10.8. The summed E-state index contributed by atoms with van der Waals surface area (Å²) < 4.78 is 0.943.